The van der Waals surface area contributed by atoms with Crippen molar-refractivity contribution < 1.29 is 4.79 Å². The van der Waals surface area contributed by atoms with Crippen molar-refractivity contribution in [1.82, 2.24) is 5.32 Å². The molecule has 76 valence electrons. The number of alkyl halides is 3. The molecule has 0 aromatic heterocycles. The molecule has 13 heavy (non-hydrogen) atoms. The van der Waals surface area contributed by atoms with E-state index in [9.17, 15) is 4.79 Å². The molecule has 0 radical (unpaired) electrons. The van der Waals surface area contributed by atoms with Crippen LogP contribution in [0.25, 0.3) is 0 Å². The largest absolute Gasteiger partial charge is 0.355 e. The molecule has 2 nitrogen and oxygen atoms in total. The van der Waals surface area contributed by atoms with Gasteiger partial charge in [-0.2, -0.15) is 0 Å². The number of carbonyl (C=O) groups is 1. The minimum Gasteiger partial charge on any atom is -0.355 e. The zero-order valence-corrected chi connectivity index (χ0v) is 9.80. The SMILES string of the molecule is CC1(C)C(CNC(=O)CCl)C1(Cl)Cl. The Morgan fingerprint density at radius 2 is 1.92 bits per heavy atom. The Bertz CT molecular complexity index is 213. The van der Waals surface area contributed by atoms with Gasteiger partial charge in [0.15, 0.2) is 0 Å². The van der Waals surface area contributed by atoms with E-state index in [0.717, 1.165) is 0 Å². The number of carbonyl (C=O) groups excluding carboxylic acids is 1. The molecule has 1 N–H and O–H groups in total. The van der Waals surface area contributed by atoms with E-state index in [1.807, 2.05) is 13.8 Å². The van der Waals surface area contributed by atoms with Crippen LogP contribution in [-0.2, 0) is 4.79 Å². The zero-order valence-electron chi connectivity index (χ0n) is 7.53. The second-order valence-electron chi connectivity index (χ2n) is 3.83. The van der Waals surface area contributed by atoms with Gasteiger partial charge in [-0.3, -0.25) is 4.79 Å². The smallest absolute Gasteiger partial charge is 0.234 e. The van der Waals surface area contributed by atoms with Gasteiger partial charge in [-0.1, -0.05) is 13.8 Å². The van der Waals surface area contributed by atoms with E-state index in [2.05, 4.69) is 5.32 Å². The molecule has 1 rings (SSSR count). The summed E-state index contributed by atoms with van der Waals surface area (Å²) in [6, 6.07) is 0. The standard InChI is InChI=1S/C8H12Cl3NO/c1-7(2)5(8(7,10)11)4-12-6(13)3-9/h5H,3-4H2,1-2H3,(H,12,13). The Labute approximate surface area is 92.9 Å². The Hall–Kier alpha value is 0.340. The minimum atomic E-state index is -0.716. The van der Waals surface area contributed by atoms with E-state index in [4.69, 9.17) is 34.8 Å². The van der Waals surface area contributed by atoms with Crippen molar-refractivity contribution in [2.45, 2.75) is 18.2 Å². The molecule has 0 saturated heterocycles. The summed E-state index contributed by atoms with van der Waals surface area (Å²) in [5.74, 6) is -0.103. The lowest BCUT2D eigenvalue weighted by Gasteiger charge is -2.02. The average molecular weight is 245 g/mol. The highest BCUT2D eigenvalue weighted by Crippen LogP contribution is 2.68. The van der Waals surface area contributed by atoms with Crippen molar-refractivity contribution in [2.24, 2.45) is 11.3 Å². The molecule has 1 fully saturated rings. The first-order chi connectivity index (χ1) is 5.84. The summed E-state index contributed by atoms with van der Waals surface area (Å²) in [5, 5.41) is 2.67. The van der Waals surface area contributed by atoms with Gasteiger partial charge in [-0.15, -0.1) is 34.8 Å². The Morgan fingerprint density at radius 1 is 1.46 bits per heavy atom. The molecule has 1 atom stereocenters. The van der Waals surface area contributed by atoms with E-state index in [1.165, 1.54) is 0 Å². The number of rotatable bonds is 3. The van der Waals surface area contributed by atoms with E-state index in [0.29, 0.717) is 6.54 Å². The molecule has 0 heterocycles. The molecular weight excluding hydrogens is 232 g/mol. The summed E-state index contributed by atoms with van der Waals surface area (Å²) in [6.45, 7) is 4.45. The molecule has 0 aliphatic heterocycles. The summed E-state index contributed by atoms with van der Waals surface area (Å²) in [5.41, 5.74) is -0.129. The van der Waals surface area contributed by atoms with Crippen LogP contribution in [0.5, 0.6) is 0 Å². The van der Waals surface area contributed by atoms with Crippen molar-refractivity contribution in [3.05, 3.63) is 0 Å². The van der Waals surface area contributed by atoms with Gasteiger partial charge in [-0.25, -0.2) is 0 Å². The lowest BCUT2D eigenvalue weighted by atomic mass is 10.1. The van der Waals surface area contributed by atoms with E-state index in [1.54, 1.807) is 0 Å². The number of amides is 1. The maximum Gasteiger partial charge on any atom is 0.234 e. The summed E-state index contributed by atoms with van der Waals surface area (Å²) in [7, 11) is 0. The average Bonchev–Trinajstić information content (AvgIpc) is 2.40. The second kappa shape index (κ2) is 3.48. The Kier molecular flexibility index (Phi) is 3.06. The fourth-order valence-electron chi connectivity index (χ4n) is 1.40. The van der Waals surface area contributed by atoms with Gasteiger partial charge in [-0.05, 0) is 0 Å². The monoisotopic (exact) mass is 243 g/mol. The van der Waals surface area contributed by atoms with E-state index in [-0.39, 0.29) is 23.1 Å². The van der Waals surface area contributed by atoms with Crippen molar-refractivity contribution in [3.8, 4) is 0 Å². The molecule has 1 aliphatic carbocycles. The van der Waals surface area contributed by atoms with Crippen LogP contribution in [0.1, 0.15) is 13.8 Å². The van der Waals surface area contributed by atoms with Crippen LogP contribution >= 0.6 is 34.8 Å². The van der Waals surface area contributed by atoms with Gasteiger partial charge in [0.1, 0.15) is 10.2 Å². The second-order valence-corrected chi connectivity index (χ2v) is 5.49. The third-order valence-electron chi connectivity index (χ3n) is 2.71. The van der Waals surface area contributed by atoms with Gasteiger partial charge in [0.05, 0.1) is 0 Å². The van der Waals surface area contributed by atoms with Crippen LogP contribution in [0, 0.1) is 11.3 Å². The predicted octanol–water partition coefficient (Wildman–Crippen LogP) is 2.17. The summed E-state index contributed by atoms with van der Waals surface area (Å²) < 4.78 is -0.716. The van der Waals surface area contributed by atoms with Gasteiger partial charge in [0, 0.05) is 17.9 Å². The van der Waals surface area contributed by atoms with Crippen molar-refractivity contribution in [1.29, 1.82) is 0 Å². The Balaban J connectivity index is 2.38. The van der Waals surface area contributed by atoms with Crippen LogP contribution in [0.15, 0.2) is 0 Å². The fourth-order valence-corrected chi connectivity index (χ4v) is 2.35. The molecule has 1 aliphatic rings. The molecule has 1 unspecified atom stereocenters. The number of hydrogen-bond acceptors (Lipinski definition) is 1. The van der Waals surface area contributed by atoms with Gasteiger partial charge >= 0.3 is 0 Å². The van der Waals surface area contributed by atoms with E-state index < -0.39 is 4.33 Å². The molecular formula is C8H12Cl3NO. The molecule has 5 heteroatoms. The minimum absolute atomic E-state index is 0.0231. The summed E-state index contributed by atoms with van der Waals surface area (Å²) in [4.78, 5) is 10.8. The van der Waals surface area contributed by atoms with Crippen molar-refractivity contribution in [2.75, 3.05) is 12.4 Å². The topological polar surface area (TPSA) is 29.1 Å². The van der Waals surface area contributed by atoms with Gasteiger partial charge in [0.2, 0.25) is 5.91 Å². The number of halogens is 3. The third kappa shape index (κ3) is 1.90. The Morgan fingerprint density at radius 3 is 2.23 bits per heavy atom. The first-order valence-electron chi connectivity index (χ1n) is 4.04. The molecule has 0 bridgehead atoms. The quantitative estimate of drug-likeness (QED) is 0.758. The highest BCUT2D eigenvalue weighted by molar-refractivity contribution is 6.51. The molecule has 0 spiro atoms. The first-order valence-corrected chi connectivity index (χ1v) is 5.33. The molecule has 1 amide bonds. The zero-order chi connectivity index (χ0) is 10.3. The maximum atomic E-state index is 10.8. The number of hydrogen-bond donors (Lipinski definition) is 1. The van der Waals surface area contributed by atoms with Crippen LogP contribution in [0.3, 0.4) is 0 Å². The van der Waals surface area contributed by atoms with Gasteiger partial charge in [0.25, 0.3) is 0 Å². The third-order valence-corrected chi connectivity index (χ3v) is 4.45. The van der Waals surface area contributed by atoms with Crippen molar-refractivity contribution >= 4 is 40.7 Å². The summed E-state index contributed by atoms with van der Waals surface area (Å²) in [6.07, 6.45) is 0. The van der Waals surface area contributed by atoms with Crippen LogP contribution < -0.4 is 5.32 Å². The fraction of sp³-hybridized carbons (Fsp3) is 0.875. The van der Waals surface area contributed by atoms with Crippen LogP contribution in [0.2, 0.25) is 0 Å². The lowest BCUT2D eigenvalue weighted by Crippen LogP contribution is -2.27. The van der Waals surface area contributed by atoms with Crippen molar-refractivity contribution in [3.63, 3.8) is 0 Å². The first kappa shape index (κ1) is 11.4. The van der Waals surface area contributed by atoms with E-state index >= 15 is 0 Å². The normalized spacial score (nSPS) is 28.2. The number of nitrogens with one attached hydrogen (secondary N) is 1. The molecule has 1 saturated carbocycles. The highest BCUT2D eigenvalue weighted by Gasteiger charge is 2.69. The summed E-state index contributed by atoms with van der Waals surface area (Å²) >= 11 is 17.3. The molecule has 0 aromatic rings. The van der Waals surface area contributed by atoms with Gasteiger partial charge < -0.3 is 5.32 Å². The van der Waals surface area contributed by atoms with Crippen LogP contribution in [-0.4, -0.2) is 22.7 Å². The van der Waals surface area contributed by atoms with Crippen LogP contribution in [0.4, 0.5) is 0 Å². The highest BCUT2D eigenvalue weighted by atomic mass is 35.5. The molecule has 0 aromatic carbocycles. The predicted molar refractivity (Wildman–Crippen MR) is 55.4 cm³/mol. The maximum absolute atomic E-state index is 10.8. The lowest BCUT2D eigenvalue weighted by molar-refractivity contribution is -0.118.